The van der Waals surface area contributed by atoms with E-state index < -0.39 is 11.7 Å². The number of anilines is 1. The molecule has 1 aromatic carbocycles. The molecular formula is C23H22F3N5O3. The van der Waals surface area contributed by atoms with Crippen molar-refractivity contribution >= 4 is 17.8 Å². The molecule has 178 valence electrons. The minimum atomic E-state index is -4.51. The molecule has 0 radical (unpaired) electrons. The molecule has 0 aliphatic carbocycles. The Balaban J connectivity index is 1.39. The summed E-state index contributed by atoms with van der Waals surface area (Å²) in [6, 6.07) is 6.73. The molecule has 8 nitrogen and oxygen atoms in total. The number of piperidine rings is 1. The van der Waals surface area contributed by atoms with Gasteiger partial charge in [0.25, 0.3) is 0 Å². The Kier molecular flexibility index (Phi) is 6.53. The fraction of sp³-hybridized carbons (Fsp3) is 0.304. The maximum Gasteiger partial charge on any atom is 0.419 e. The third-order valence-corrected chi connectivity index (χ3v) is 5.45. The Morgan fingerprint density at radius 1 is 1.26 bits per heavy atom. The maximum absolute atomic E-state index is 12.7. The molecule has 11 heteroatoms. The summed E-state index contributed by atoms with van der Waals surface area (Å²) in [6.45, 7) is 4.88. The van der Waals surface area contributed by atoms with Gasteiger partial charge < -0.3 is 19.5 Å². The Morgan fingerprint density at radius 2 is 2.03 bits per heavy atom. The first kappa shape index (κ1) is 23.3. The van der Waals surface area contributed by atoms with Crippen molar-refractivity contribution in [2.24, 2.45) is 5.92 Å². The Labute approximate surface area is 193 Å². The van der Waals surface area contributed by atoms with Crippen molar-refractivity contribution in [2.75, 3.05) is 18.4 Å². The van der Waals surface area contributed by atoms with Crippen molar-refractivity contribution in [1.82, 2.24) is 20.0 Å². The lowest BCUT2D eigenvalue weighted by Crippen LogP contribution is -2.42. The molecule has 1 atom stereocenters. The fourth-order valence-electron chi connectivity index (χ4n) is 3.56. The fourth-order valence-corrected chi connectivity index (χ4v) is 3.56. The van der Waals surface area contributed by atoms with Crippen LogP contribution in [0.5, 0.6) is 11.8 Å². The number of hydrogen-bond donors (Lipinski definition) is 1. The van der Waals surface area contributed by atoms with E-state index in [1.807, 2.05) is 19.1 Å². The van der Waals surface area contributed by atoms with Crippen LogP contribution in [0.15, 0.2) is 53.0 Å². The van der Waals surface area contributed by atoms with E-state index in [4.69, 9.17) is 9.26 Å². The number of aromatic nitrogens is 3. The van der Waals surface area contributed by atoms with Crippen LogP contribution in [0.4, 0.5) is 23.7 Å². The van der Waals surface area contributed by atoms with E-state index in [9.17, 15) is 18.0 Å². The van der Waals surface area contributed by atoms with Crippen molar-refractivity contribution in [3.05, 3.63) is 65.3 Å². The van der Waals surface area contributed by atoms with Gasteiger partial charge >= 0.3 is 18.2 Å². The first-order valence-corrected chi connectivity index (χ1v) is 10.5. The van der Waals surface area contributed by atoms with Gasteiger partial charge in [-0.1, -0.05) is 35.9 Å². The van der Waals surface area contributed by atoms with Crippen LogP contribution < -0.4 is 10.1 Å². The molecular weight excluding hydrogens is 451 g/mol. The number of rotatable bonds is 4. The number of urea groups is 1. The highest BCUT2D eigenvalue weighted by Crippen LogP contribution is 2.30. The van der Waals surface area contributed by atoms with Crippen LogP contribution >= 0.6 is 0 Å². The number of nitrogens with one attached hydrogen (secondary N) is 1. The van der Waals surface area contributed by atoms with Gasteiger partial charge in [0.15, 0.2) is 5.76 Å². The molecule has 2 amide bonds. The van der Waals surface area contributed by atoms with Crippen LogP contribution in [-0.4, -0.2) is 39.1 Å². The van der Waals surface area contributed by atoms with Gasteiger partial charge in [0.05, 0.1) is 11.8 Å². The standard InChI is InChI=1S/C23H22F3N5O3/c1-14-13-31(22(32)30-20-12-29-34-15(20)2)7-6-17(14)8-16-4-3-5-19(9-16)33-21-27-10-18(11-28-21)23(24,25)26/h3-5,8-12,14H,6-7,13H2,1-2H3,(H,30,32)/b17-8+. The molecule has 0 spiro atoms. The second-order valence-electron chi connectivity index (χ2n) is 7.97. The Bertz CT molecular complexity index is 1190. The van der Waals surface area contributed by atoms with E-state index >= 15 is 0 Å². The maximum atomic E-state index is 12.7. The first-order chi connectivity index (χ1) is 16.2. The molecule has 34 heavy (non-hydrogen) atoms. The van der Waals surface area contributed by atoms with Crippen LogP contribution in [0.1, 0.15) is 30.2 Å². The van der Waals surface area contributed by atoms with Crippen LogP contribution in [0, 0.1) is 12.8 Å². The van der Waals surface area contributed by atoms with Crippen LogP contribution in [0.2, 0.25) is 0 Å². The lowest BCUT2D eigenvalue weighted by molar-refractivity contribution is -0.138. The zero-order chi connectivity index (χ0) is 24.3. The van der Waals surface area contributed by atoms with Crippen LogP contribution in [-0.2, 0) is 6.18 Å². The number of ether oxygens (including phenoxy) is 1. The number of carbonyl (C=O) groups excluding carboxylic acids is 1. The van der Waals surface area contributed by atoms with Gasteiger partial charge in [0, 0.05) is 25.5 Å². The van der Waals surface area contributed by atoms with Crippen LogP contribution in [0.25, 0.3) is 6.08 Å². The van der Waals surface area contributed by atoms with E-state index in [0.29, 0.717) is 49.1 Å². The van der Waals surface area contributed by atoms with Gasteiger partial charge in [-0.2, -0.15) is 13.2 Å². The smallest absolute Gasteiger partial charge is 0.419 e. The lowest BCUT2D eigenvalue weighted by atomic mass is 9.91. The number of hydrogen-bond acceptors (Lipinski definition) is 6. The highest BCUT2D eigenvalue weighted by molar-refractivity contribution is 5.89. The second kappa shape index (κ2) is 9.54. The molecule has 4 rings (SSSR count). The number of alkyl halides is 3. The summed E-state index contributed by atoms with van der Waals surface area (Å²) < 4.78 is 48.5. The minimum Gasteiger partial charge on any atom is -0.424 e. The van der Waals surface area contributed by atoms with E-state index in [2.05, 4.69) is 20.4 Å². The van der Waals surface area contributed by atoms with Gasteiger partial charge in [0.1, 0.15) is 11.4 Å². The Hall–Kier alpha value is -3.89. The molecule has 0 saturated carbocycles. The van der Waals surface area contributed by atoms with Crippen molar-refractivity contribution in [3.8, 4) is 11.8 Å². The predicted molar refractivity (Wildman–Crippen MR) is 117 cm³/mol. The lowest BCUT2D eigenvalue weighted by Gasteiger charge is -2.33. The SMILES string of the molecule is Cc1oncc1NC(=O)N1CC/C(=C\c2cccc(Oc3ncc(C(F)(F)F)cn3)c2)C(C)C1. The summed E-state index contributed by atoms with van der Waals surface area (Å²) >= 11 is 0. The number of aryl methyl sites for hydroxylation is 1. The molecule has 1 N–H and O–H groups in total. The summed E-state index contributed by atoms with van der Waals surface area (Å²) in [5, 5.41) is 6.47. The van der Waals surface area contributed by atoms with E-state index in [-0.39, 0.29) is 18.0 Å². The summed E-state index contributed by atoms with van der Waals surface area (Å²) in [5.74, 6) is 1.08. The second-order valence-corrected chi connectivity index (χ2v) is 7.97. The largest absolute Gasteiger partial charge is 0.424 e. The third-order valence-electron chi connectivity index (χ3n) is 5.45. The van der Waals surface area contributed by atoms with Gasteiger partial charge in [-0.05, 0) is 37.0 Å². The molecule has 1 aliphatic heterocycles. The number of amides is 2. The van der Waals surface area contributed by atoms with Crippen molar-refractivity contribution < 1.29 is 27.2 Å². The number of carbonyl (C=O) groups is 1. The average molecular weight is 473 g/mol. The molecule has 0 bridgehead atoms. The molecule has 2 aromatic heterocycles. The topological polar surface area (TPSA) is 93.4 Å². The molecule has 3 aromatic rings. The van der Waals surface area contributed by atoms with Gasteiger partial charge in [-0.25, -0.2) is 14.8 Å². The zero-order valence-corrected chi connectivity index (χ0v) is 18.5. The van der Waals surface area contributed by atoms with Crippen molar-refractivity contribution in [2.45, 2.75) is 26.4 Å². The van der Waals surface area contributed by atoms with Crippen LogP contribution in [0.3, 0.4) is 0 Å². The van der Waals surface area contributed by atoms with E-state index in [1.54, 1.807) is 30.0 Å². The third kappa shape index (κ3) is 5.53. The van der Waals surface area contributed by atoms with E-state index in [0.717, 1.165) is 5.56 Å². The monoisotopic (exact) mass is 473 g/mol. The molecule has 3 heterocycles. The number of likely N-dealkylation sites (tertiary alicyclic amines) is 1. The van der Waals surface area contributed by atoms with Gasteiger partial charge in [-0.3, -0.25) is 0 Å². The first-order valence-electron chi connectivity index (χ1n) is 10.5. The molecule has 1 fully saturated rings. The zero-order valence-electron chi connectivity index (χ0n) is 18.5. The number of halogens is 3. The highest BCUT2D eigenvalue weighted by atomic mass is 19.4. The normalized spacial score (nSPS) is 17.6. The summed E-state index contributed by atoms with van der Waals surface area (Å²) in [5.41, 5.74) is 1.65. The van der Waals surface area contributed by atoms with Crippen molar-refractivity contribution in [1.29, 1.82) is 0 Å². The number of nitrogens with zero attached hydrogens (tertiary/aromatic N) is 4. The summed E-state index contributed by atoms with van der Waals surface area (Å²) in [7, 11) is 0. The summed E-state index contributed by atoms with van der Waals surface area (Å²) in [6.07, 6.45) is 1.06. The predicted octanol–water partition coefficient (Wildman–Crippen LogP) is 5.54. The minimum absolute atomic E-state index is 0.130. The number of benzene rings is 1. The van der Waals surface area contributed by atoms with E-state index in [1.165, 1.54) is 11.8 Å². The average Bonchev–Trinajstić information content (AvgIpc) is 3.19. The Morgan fingerprint density at radius 3 is 2.68 bits per heavy atom. The quantitative estimate of drug-likeness (QED) is 0.535. The molecule has 1 aliphatic rings. The highest BCUT2D eigenvalue weighted by Gasteiger charge is 2.31. The van der Waals surface area contributed by atoms with Gasteiger partial charge in [0.2, 0.25) is 0 Å². The van der Waals surface area contributed by atoms with Gasteiger partial charge in [-0.15, -0.1) is 0 Å². The molecule has 1 saturated heterocycles. The molecule has 1 unspecified atom stereocenters. The summed E-state index contributed by atoms with van der Waals surface area (Å²) in [4.78, 5) is 21.6. The van der Waals surface area contributed by atoms with Crippen molar-refractivity contribution in [3.63, 3.8) is 0 Å².